The Hall–Kier alpha value is -1.94. The van der Waals surface area contributed by atoms with Crippen molar-refractivity contribution in [3.8, 4) is 5.75 Å². The van der Waals surface area contributed by atoms with E-state index in [-0.39, 0.29) is 11.9 Å². The maximum absolute atomic E-state index is 12.3. The molecule has 2 rings (SSSR count). The summed E-state index contributed by atoms with van der Waals surface area (Å²) in [6.45, 7) is 3.92. The molecule has 0 aliphatic rings. The molecule has 116 valence electrons. The monoisotopic (exact) mass is 315 g/mol. The number of benzene rings is 2. The summed E-state index contributed by atoms with van der Waals surface area (Å²) in [4.78, 5) is 13.6. The van der Waals surface area contributed by atoms with Gasteiger partial charge in [0.1, 0.15) is 5.75 Å². The summed E-state index contributed by atoms with van der Waals surface area (Å²) in [5, 5.41) is 3.03. The van der Waals surface area contributed by atoms with E-state index in [4.69, 9.17) is 4.74 Å². The second-order valence-corrected chi connectivity index (χ2v) is 6.03. The summed E-state index contributed by atoms with van der Waals surface area (Å²) in [6.07, 6.45) is 2.05. The number of hydrogen-bond donors (Lipinski definition) is 1. The van der Waals surface area contributed by atoms with Crippen molar-refractivity contribution < 1.29 is 9.53 Å². The molecule has 0 aliphatic carbocycles. The van der Waals surface area contributed by atoms with Crippen molar-refractivity contribution in [3.63, 3.8) is 0 Å². The Labute approximate surface area is 136 Å². The predicted molar refractivity (Wildman–Crippen MR) is 91.8 cm³/mol. The Bertz CT molecular complexity index is 653. The van der Waals surface area contributed by atoms with Crippen LogP contribution in [0.5, 0.6) is 5.75 Å². The standard InChI is InChI=1S/C18H21NO2S/c1-12-11-15(7-10-17(12)21-3)18(20)19-13(2)14-5-8-16(22-4)9-6-14/h5-11,13H,1-4H3,(H,19,20). The largest absolute Gasteiger partial charge is 0.496 e. The number of methoxy groups -OCH3 is 1. The molecule has 4 heteroatoms. The molecular weight excluding hydrogens is 294 g/mol. The number of carbonyl (C=O) groups excluding carboxylic acids is 1. The first-order valence-electron chi connectivity index (χ1n) is 7.14. The molecule has 0 radical (unpaired) electrons. The molecule has 0 saturated carbocycles. The lowest BCUT2D eigenvalue weighted by Crippen LogP contribution is -2.26. The first-order valence-corrected chi connectivity index (χ1v) is 8.37. The van der Waals surface area contributed by atoms with E-state index < -0.39 is 0 Å². The quantitative estimate of drug-likeness (QED) is 0.840. The highest BCUT2D eigenvalue weighted by Gasteiger charge is 2.12. The van der Waals surface area contributed by atoms with Crippen LogP contribution in [-0.4, -0.2) is 19.3 Å². The second kappa shape index (κ2) is 7.36. The Morgan fingerprint density at radius 3 is 2.41 bits per heavy atom. The average Bonchev–Trinajstić information content (AvgIpc) is 2.54. The minimum Gasteiger partial charge on any atom is -0.496 e. The van der Waals surface area contributed by atoms with Gasteiger partial charge in [0.15, 0.2) is 0 Å². The summed E-state index contributed by atoms with van der Waals surface area (Å²) < 4.78 is 5.22. The van der Waals surface area contributed by atoms with Crippen molar-refractivity contribution in [1.29, 1.82) is 0 Å². The third-order valence-electron chi connectivity index (χ3n) is 3.62. The Morgan fingerprint density at radius 2 is 1.86 bits per heavy atom. The zero-order chi connectivity index (χ0) is 16.1. The SMILES string of the molecule is COc1ccc(C(=O)NC(C)c2ccc(SC)cc2)cc1C. The molecule has 0 aromatic heterocycles. The van der Waals surface area contributed by atoms with Gasteiger partial charge in [-0.05, 0) is 61.6 Å². The number of ether oxygens (including phenoxy) is 1. The molecule has 22 heavy (non-hydrogen) atoms. The molecular formula is C18H21NO2S. The molecule has 1 N–H and O–H groups in total. The van der Waals surface area contributed by atoms with Crippen LogP contribution in [0.4, 0.5) is 0 Å². The first kappa shape index (κ1) is 16.4. The Balaban J connectivity index is 2.08. The van der Waals surface area contributed by atoms with E-state index in [2.05, 4.69) is 29.6 Å². The second-order valence-electron chi connectivity index (χ2n) is 5.15. The van der Waals surface area contributed by atoms with Gasteiger partial charge in [-0.2, -0.15) is 0 Å². The minimum atomic E-state index is -0.0767. The smallest absolute Gasteiger partial charge is 0.251 e. The lowest BCUT2D eigenvalue weighted by atomic mass is 10.1. The zero-order valence-electron chi connectivity index (χ0n) is 13.3. The Kier molecular flexibility index (Phi) is 5.50. The van der Waals surface area contributed by atoms with Gasteiger partial charge in [0.25, 0.3) is 5.91 Å². The highest BCUT2D eigenvalue weighted by Crippen LogP contribution is 2.21. The number of hydrogen-bond acceptors (Lipinski definition) is 3. The molecule has 3 nitrogen and oxygen atoms in total. The summed E-state index contributed by atoms with van der Waals surface area (Å²) >= 11 is 1.71. The highest BCUT2D eigenvalue weighted by atomic mass is 32.2. The fourth-order valence-electron chi connectivity index (χ4n) is 2.28. The minimum absolute atomic E-state index is 0.0363. The lowest BCUT2D eigenvalue weighted by molar-refractivity contribution is 0.0939. The van der Waals surface area contributed by atoms with Gasteiger partial charge < -0.3 is 10.1 Å². The van der Waals surface area contributed by atoms with Crippen LogP contribution in [0, 0.1) is 6.92 Å². The predicted octanol–water partition coefficient (Wildman–Crippen LogP) is 4.22. The van der Waals surface area contributed by atoms with E-state index in [1.807, 2.05) is 32.2 Å². The highest BCUT2D eigenvalue weighted by molar-refractivity contribution is 7.98. The van der Waals surface area contributed by atoms with Gasteiger partial charge in [0.05, 0.1) is 13.2 Å². The van der Waals surface area contributed by atoms with Crippen molar-refractivity contribution in [1.82, 2.24) is 5.32 Å². The fraction of sp³-hybridized carbons (Fsp3) is 0.278. The number of rotatable bonds is 5. The lowest BCUT2D eigenvalue weighted by Gasteiger charge is -2.15. The van der Waals surface area contributed by atoms with Gasteiger partial charge in [-0.25, -0.2) is 0 Å². The van der Waals surface area contributed by atoms with Gasteiger partial charge >= 0.3 is 0 Å². The van der Waals surface area contributed by atoms with Crippen molar-refractivity contribution >= 4 is 17.7 Å². The maximum atomic E-state index is 12.3. The molecule has 0 spiro atoms. The fourth-order valence-corrected chi connectivity index (χ4v) is 2.68. The maximum Gasteiger partial charge on any atom is 0.251 e. The van der Waals surface area contributed by atoms with Crippen molar-refractivity contribution in [2.45, 2.75) is 24.8 Å². The number of carbonyl (C=O) groups is 1. The van der Waals surface area contributed by atoms with Crippen LogP contribution in [0.15, 0.2) is 47.4 Å². The normalized spacial score (nSPS) is 11.8. The summed E-state index contributed by atoms with van der Waals surface area (Å²) in [7, 11) is 1.63. The number of amides is 1. The van der Waals surface area contributed by atoms with Gasteiger partial charge in [-0.3, -0.25) is 4.79 Å². The molecule has 1 atom stereocenters. The van der Waals surface area contributed by atoms with E-state index in [1.54, 1.807) is 24.9 Å². The number of nitrogens with one attached hydrogen (secondary N) is 1. The van der Waals surface area contributed by atoms with E-state index in [9.17, 15) is 4.79 Å². The summed E-state index contributed by atoms with van der Waals surface area (Å²) in [6, 6.07) is 13.7. The third kappa shape index (κ3) is 3.83. The van der Waals surface area contributed by atoms with E-state index in [0.717, 1.165) is 16.9 Å². The number of thioether (sulfide) groups is 1. The van der Waals surface area contributed by atoms with E-state index in [1.165, 1.54) is 4.90 Å². The van der Waals surface area contributed by atoms with E-state index >= 15 is 0 Å². The first-order chi connectivity index (χ1) is 10.5. The molecule has 2 aromatic carbocycles. The van der Waals surface area contributed by atoms with Crippen molar-refractivity contribution in [2.24, 2.45) is 0 Å². The van der Waals surface area contributed by atoms with Crippen LogP contribution in [-0.2, 0) is 0 Å². The van der Waals surface area contributed by atoms with Crippen molar-refractivity contribution in [3.05, 3.63) is 59.2 Å². The molecule has 0 heterocycles. The van der Waals surface area contributed by atoms with E-state index in [0.29, 0.717) is 5.56 Å². The van der Waals surface area contributed by atoms with Gasteiger partial charge in [0.2, 0.25) is 0 Å². The summed E-state index contributed by atoms with van der Waals surface area (Å²) in [5.41, 5.74) is 2.69. The molecule has 1 amide bonds. The van der Waals surface area contributed by atoms with Crippen molar-refractivity contribution in [2.75, 3.05) is 13.4 Å². The number of aryl methyl sites for hydroxylation is 1. The van der Waals surface area contributed by atoms with Crippen LogP contribution < -0.4 is 10.1 Å². The summed E-state index contributed by atoms with van der Waals surface area (Å²) in [5.74, 6) is 0.712. The molecule has 1 unspecified atom stereocenters. The van der Waals surface area contributed by atoms with Gasteiger partial charge in [-0.1, -0.05) is 12.1 Å². The topological polar surface area (TPSA) is 38.3 Å². The zero-order valence-corrected chi connectivity index (χ0v) is 14.2. The van der Waals surface area contributed by atoms with Gasteiger partial charge in [-0.15, -0.1) is 11.8 Å². The van der Waals surface area contributed by atoms with Crippen LogP contribution in [0.2, 0.25) is 0 Å². The van der Waals surface area contributed by atoms with Crippen LogP contribution in [0.3, 0.4) is 0 Å². The van der Waals surface area contributed by atoms with Crippen LogP contribution in [0.1, 0.15) is 34.5 Å². The molecule has 2 aromatic rings. The molecule has 0 bridgehead atoms. The average molecular weight is 315 g/mol. The van der Waals surface area contributed by atoms with Crippen LogP contribution in [0.25, 0.3) is 0 Å². The van der Waals surface area contributed by atoms with Gasteiger partial charge in [0, 0.05) is 10.5 Å². The molecule has 0 aliphatic heterocycles. The molecule has 0 saturated heterocycles. The third-order valence-corrected chi connectivity index (χ3v) is 4.36. The Morgan fingerprint density at radius 1 is 1.18 bits per heavy atom. The van der Waals surface area contributed by atoms with Crippen LogP contribution >= 0.6 is 11.8 Å². The molecule has 0 fully saturated rings.